The molecule has 22 heavy (non-hydrogen) atoms. The Morgan fingerprint density at radius 2 is 2.00 bits per heavy atom. The zero-order chi connectivity index (χ0) is 15.4. The summed E-state index contributed by atoms with van der Waals surface area (Å²) >= 11 is 5.88. The first-order chi connectivity index (χ1) is 10.7. The van der Waals surface area contributed by atoms with E-state index in [4.69, 9.17) is 22.1 Å². The summed E-state index contributed by atoms with van der Waals surface area (Å²) in [6, 6.07) is 11.6. The van der Waals surface area contributed by atoms with Crippen molar-refractivity contribution in [3.05, 3.63) is 47.1 Å². The molecule has 0 spiro atoms. The van der Waals surface area contributed by atoms with Crippen LogP contribution in [0.4, 0.5) is 5.82 Å². The Balaban J connectivity index is 1.56. The minimum absolute atomic E-state index is 0.398. The summed E-state index contributed by atoms with van der Waals surface area (Å²) in [6.07, 6.45) is 2.31. The van der Waals surface area contributed by atoms with Gasteiger partial charge < -0.3 is 10.5 Å². The van der Waals surface area contributed by atoms with E-state index in [1.165, 1.54) is 6.42 Å². The fraction of sp³-hybridized carbons (Fsp3) is 0.375. The van der Waals surface area contributed by atoms with Crippen LogP contribution in [-0.4, -0.2) is 34.3 Å². The Labute approximate surface area is 135 Å². The zero-order valence-electron chi connectivity index (χ0n) is 12.3. The van der Waals surface area contributed by atoms with Gasteiger partial charge in [0, 0.05) is 17.6 Å². The van der Waals surface area contributed by atoms with Gasteiger partial charge in [-0.1, -0.05) is 11.6 Å². The maximum atomic E-state index is 5.88. The maximum Gasteiger partial charge on any atom is 0.146 e. The number of anilines is 1. The summed E-state index contributed by atoms with van der Waals surface area (Å²) in [6.45, 7) is 2.51. The van der Waals surface area contributed by atoms with Crippen LogP contribution in [0.25, 0.3) is 0 Å². The summed E-state index contributed by atoms with van der Waals surface area (Å²) in [5, 5.41) is 8.76. The first-order valence-corrected chi connectivity index (χ1v) is 7.79. The number of nitrogens with two attached hydrogens (primary N) is 1. The minimum Gasteiger partial charge on any atom is -0.492 e. The maximum absolute atomic E-state index is 5.88. The molecule has 0 bridgehead atoms. The lowest BCUT2D eigenvalue weighted by Crippen LogP contribution is -2.34. The summed E-state index contributed by atoms with van der Waals surface area (Å²) in [7, 11) is 0. The second-order valence-corrected chi connectivity index (χ2v) is 5.92. The quantitative estimate of drug-likeness (QED) is 0.918. The Morgan fingerprint density at radius 1 is 1.18 bits per heavy atom. The third-order valence-electron chi connectivity index (χ3n) is 3.86. The molecule has 0 aliphatic carbocycles. The number of ether oxygens (including phenoxy) is 1. The largest absolute Gasteiger partial charge is 0.492 e. The molecular weight excluding hydrogens is 300 g/mol. The Morgan fingerprint density at radius 3 is 2.73 bits per heavy atom. The van der Waals surface area contributed by atoms with Crippen LogP contribution in [0.1, 0.15) is 18.5 Å². The zero-order valence-corrected chi connectivity index (χ0v) is 13.0. The molecule has 3 rings (SSSR count). The van der Waals surface area contributed by atoms with Gasteiger partial charge in [0.05, 0.1) is 5.69 Å². The van der Waals surface area contributed by atoms with Crippen LogP contribution in [0.15, 0.2) is 36.4 Å². The molecule has 0 unspecified atom stereocenters. The van der Waals surface area contributed by atoms with E-state index in [1.807, 2.05) is 30.3 Å². The summed E-state index contributed by atoms with van der Waals surface area (Å²) < 4.78 is 5.88. The number of hydrogen-bond acceptors (Lipinski definition) is 5. The standard InChI is InChI=1S/C16H19ClN4O/c17-12-3-6-15(7-4-12)22-11-14-2-1-9-21(14)10-13-5-8-16(18)20-19-13/h3-8,14H,1-2,9-11H2,(H2,18,20)/t14-/m0/s1. The Hall–Kier alpha value is -1.85. The number of aromatic nitrogens is 2. The van der Waals surface area contributed by atoms with Crippen LogP contribution >= 0.6 is 11.6 Å². The first kappa shape index (κ1) is 15.1. The number of hydrogen-bond donors (Lipinski definition) is 1. The highest BCUT2D eigenvalue weighted by Crippen LogP contribution is 2.22. The predicted octanol–water partition coefficient (Wildman–Crippen LogP) is 2.76. The van der Waals surface area contributed by atoms with E-state index in [0.717, 1.165) is 36.0 Å². The van der Waals surface area contributed by atoms with Gasteiger partial charge in [-0.15, -0.1) is 5.10 Å². The van der Waals surface area contributed by atoms with Crippen molar-refractivity contribution in [3.63, 3.8) is 0 Å². The molecule has 6 heteroatoms. The van der Waals surface area contributed by atoms with Gasteiger partial charge in [-0.05, 0) is 55.8 Å². The molecule has 2 N–H and O–H groups in total. The van der Waals surface area contributed by atoms with Gasteiger partial charge in [0.15, 0.2) is 0 Å². The molecule has 1 fully saturated rings. The molecule has 116 valence electrons. The number of benzene rings is 1. The highest BCUT2D eigenvalue weighted by atomic mass is 35.5. The van der Waals surface area contributed by atoms with E-state index in [2.05, 4.69) is 15.1 Å². The topological polar surface area (TPSA) is 64.3 Å². The molecule has 2 aromatic rings. The molecule has 1 atom stereocenters. The van der Waals surface area contributed by atoms with Gasteiger partial charge in [-0.25, -0.2) is 0 Å². The molecule has 2 heterocycles. The molecule has 0 amide bonds. The molecule has 1 aromatic carbocycles. The lowest BCUT2D eigenvalue weighted by atomic mass is 10.2. The second-order valence-electron chi connectivity index (χ2n) is 5.48. The predicted molar refractivity (Wildman–Crippen MR) is 86.8 cm³/mol. The van der Waals surface area contributed by atoms with Crippen molar-refractivity contribution in [1.82, 2.24) is 15.1 Å². The molecule has 1 aromatic heterocycles. The van der Waals surface area contributed by atoms with Gasteiger partial charge in [0.2, 0.25) is 0 Å². The van der Waals surface area contributed by atoms with E-state index in [9.17, 15) is 0 Å². The normalized spacial score (nSPS) is 18.5. The molecule has 1 aliphatic heterocycles. The average Bonchev–Trinajstić information content (AvgIpc) is 2.96. The summed E-state index contributed by atoms with van der Waals surface area (Å²) in [5.74, 6) is 1.30. The molecular formula is C16H19ClN4O. The van der Waals surface area contributed by atoms with Gasteiger partial charge in [0.25, 0.3) is 0 Å². The lowest BCUT2D eigenvalue weighted by Gasteiger charge is -2.24. The number of nitrogens with zero attached hydrogens (tertiary/aromatic N) is 3. The van der Waals surface area contributed by atoms with Gasteiger partial charge >= 0.3 is 0 Å². The number of nitrogen functional groups attached to an aromatic ring is 1. The molecule has 1 aliphatic rings. The van der Waals surface area contributed by atoms with Gasteiger partial charge in [-0.2, -0.15) is 5.10 Å². The smallest absolute Gasteiger partial charge is 0.146 e. The summed E-state index contributed by atoms with van der Waals surface area (Å²) in [4.78, 5) is 2.39. The fourth-order valence-electron chi connectivity index (χ4n) is 2.68. The van der Waals surface area contributed by atoms with Gasteiger partial charge in [0.1, 0.15) is 18.2 Å². The highest BCUT2D eigenvalue weighted by Gasteiger charge is 2.25. The third-order valence-corrected chi connectivity index (χ3v) is 4.11. The van der Waals surface area contributed by atoms with Crippen molar-refractivity contribution in [2.24, 2.45) is 0 Å². The van der Waals surface area contributed by atoms with Crippen LogP contribution < -0.4 is 10.5 Å². The highest BCUT2D eigenvalue weighted by molar-refractivity contribution is 6.30. The van der Waals surface area contributed by atoms with Crippen molar-refractivity contribution in [3.8, 4) is 5.75 Å². The Bertz CT molecular complexity index is 603. The second kappa shape index (κ2) is 6.94. The third kappa shape index (κ3) is 3.87. The van der Waals surface area contributed by atoms with Crippen LogP contribution in [-0.2, 0) is 6.54 Å². The van der Waals surface area contributed by atoms with Crippen LogP contribution in [0.2, 0.25) is 5.02 Å². The Kier molecular flexibility index (Phi) is 4.75. The van der Waals surface area contributed by atoms with Crippen molar-refractivity contribution in [1.29, 1.82) is 0 Å². The average molecular weight is 319 g/mol. The molecule has 1 saturated heterocycles. The SMILES string of the molecule is Nc1ccc(CN2CCC[C@H]2COc2ccc(Cl)cc2)nn1. The number of likely N-dealkylation sites (tertiary alicyclic amines) is 1. The van der Waals surface area contributed by atoms with E-state index >= 15 is 0 Å². The fourth-order valence-corrected chi connectivity index (χ4v) is 2.80. The van der Waals surface area contributed by atoms with Gasteiger partial charge in [-0.3, -0.25) is 4.90 Å². The minimum atomic E-state index is 0.398. The van der Waals surface area contributed by atoms with Crippen molar-refractivity contribution < 1.29 is 4.74 Å². The van der Waals surface area contributed by atoms with E-state index in [-0.39, 0.29) is 0 Å². The van der Waals surface area contributed by atoms with Crippen LogP contribution in [0.5, 0.6) is 5.75 Å². The first-order valence-electron chi connectivity index (χ1n) is 7.41. The van der Waals surface area contributed by atoms with Crippen molar-refractivity contribution in [2.45, 2.75) is 25.4 Å². The summed E-state index contributed by atoms with van der Waals surface area (Å²) in [5.41, 5.74) is 6.51. The van der Waals surface area contributed by atoms with E-state index < -0.39 is 0 Å². The molecule has 5 nitrogen and oxygen atoms in total. The lowest BCUT2D eigenvalue weighted by molar-refractivity contribution is 0.165. The van der Waals surface area contributed by atoms with E-state index in [0.29, 0.717) is 18.5 Å². The van der Waals surface area contributed by atoms with Crippen LogP contribution in [0.3, 0.4) is 0 Å². The van der Waals surface area contributed by atoms with Crippen molar-refractivity contribution >= 4 is 17.4 Å². The van der Waals surface area contributed by atoms with Crippen LogP contribution in [0, 0.1) is 0 Å². The van der Waals surface area contributed by atoms with E-state index in [1.54, 1.807) is 6.07 Å². The number of rotatable bonds is 5. The number of halogens is 1. The monoisotopic (exact) mass is 318 g/mol. The molecule has 0 saturated carbocycles. The molecule has 0 radical (unpaired) electrons. The van der Waals surface area contributed by atoms with Crippen molar-refractivity contribution in [2.75, 3.05) is 18.9 Å².